The summed E-state index contributed by atoms with van der Waals surface area (Å²) in [5.74, 6) is 1.21. The maximum Gasteiger partial charge on any atom is 0.331 e. The van der Waals surface area contributed by atoms with Crippen LogP contribution in [0.15, 0.2) is 18.3 Å². The highest BCUT2D eigenvalue weighted by Gasteiger charge is 2.39. The van der Waals surface area contributed by atoms with Crippen molar-refractivity contribution in [3.05, 3.63) is 18.3 Å². The Kier molecular flexibility index (Phi) is 4.40. The Morgan fingerprint density at radius 1 is 1.33 bits per heavy atom. The number of hydrogen-bond donors (Lipinski definition) is 1. The smallest absolute Gasteiger partial charge is 0.331 e. The molecule has 0 saturated carbocycles. The molecule has 0 aromatic carbocycles. The molecular formula is C12H24B2N4. The summed E-state index contributed by atoms with van der Waals surface area (Å²) in [5.41, 5.74) is 0. The minimum atomic E-state index is 0.446. The maximum absolute atomic E-state index is 3.32. The zero-order chi connectivity index (χ0) is 13.1. The lowest BCUT2D eigenvalue weighted by Crippen LogP contribution is -2.69. The van der Waals surface area contributed by atoms with Crippen molar-refractivity contribution in [3.63, 3.8) is 0 Å². The van der Waals surface area contributed by atoms with Crippen molar-refractivity contribution >= 4 is 19.8 Å². The first kappa shape index (κ1) is 13.6. The largest absolute Gasteiger partial charge is 0.376 e. The van der Waals surface area contributed by atoms with E-state index < -0.39 is 0 Å². The molecule has 0 atom stereocenters. The van der Waals surface area contributed by atoms with E-state index in [0.29, 0.717) is 14.0 Å². The number of nitrogens with one attached hydrogen (secondary N) is 1. The van der Waals surface area contributed by atoms with Gasteiger partial charge in [-0.05, 0) is 32.1 Å². The predicted octanol–water partition coefficient (Wildman–Crippen LogP) is 2.06. The molecule has 0 unspecified atom stereocenters. The molecule has 0 amide bonds. The van der Waals surface area contributed by atoms with Gasteiger partial charge in [-0.15, -0.1) is 0 Å². The van der Waals surface area contributed by atoms with Gasteiger partial charge in [0.1, 0.15) is 0 Å². The molecule has 1 aromatic rings. The molecule has 98 valence electrons. The average molecular weight is 246 g/mol. The van der Waals surface area contributed by atoms with Crippen molar-refractivity contribution in [2.45, 2.75) is 33.4 Å². The van der Waals surface area contributed by atoms with Crippen LogP contribution in [0, 0.1) is 0 Å². The molecule has 0 bridgehead atoms. The molecule has 18 heavy (non-hydrogen) atoms. The quantitative estimate of drug-likeness (QED) is 0.823. The minimum Gasteiger partial charge on any atom is -0.376 e. The molecule has 1 saturated heterocycles. The predicted molar refractivity (Wildman–Crippen MR) is 80.8 cm³/mol. The van der Waals surface area contributed by atoms with E-state index in [4.69, 9.17) is 0 Å². The van der Waals surface area contributed by atoms with Gasteiger partial charge in [-0.1, -0.05) is 27.0 Å². The van der Waals surface area contributed by atoms with Crippen LogP contribution in [-0.4, -0.2) is 48.7 Å². The summed E-state index contributed by atoms with van der Waals surface area (Å²) in [4.78, 5) is 8.15. The van der Waals surface area contributed by atoms with Crippen LogP contribution < -0.4 is 4.81 Å². The number of aromatic amines is 1. The Bertz CT molecular complexity index is 357. The van der Waals surface area contributed by atoms with E-state index in [0.717, 1.165) is 6.67 Å². The van der Waals surface area contributed by atoms with Gasteiger partial charge >= 0.3 is 6.98 Å². The van der Waals surface area contributed by atoms with Crippen LogP contribution in [0.4, 0.5) is 5.82 Å². The highest BCUT2D eigenvalue weighted by atomic mass is 15.4. The summed E-state index contributed by atoms with van der Waals surface area (Å²) in [6, 6.07) is 4.22. The summed E-state index contributed by atoms with van der Waals surface area (Å²) in [6.45, 7) is 9.97. The van der Waals surface area contributed by atoms with E-state index >= 15 is 0 Å². The fourth-order valence-corrected chi connectivity index (χ4v) is 2.71. The fourth-order valence-electron chi connectivity index (χ4n) is 2.71. The molecule has 0 aliphatic carbocycles. The van der Waals surface area contributed by atoms with Gasteiger partial charge in [-0.2, -0.15) is 0 Å². The van der Waals surface area contributed by atoms with Crippen LogP contribution in [0.25, 0.3) is 0 Å². The summed E-state index contributed by atoms with van der Waals surface area (Å²) >= 11 is 0. The lowest BCUT2D eigenvalue weighted by atomic mass is 9.57. The number of aromatic nitrogens is 1. The third-order valence-corrected chi connectivity index (χ3v) is 4.09. The van der Waals surface area contributed by atoms with Crippen LogP contribution in [0.3, 0.4) is 0 Å². The topological polar surface area (TPSA) is 25.5 Å². The summed E-state index contributed by atoms with van der Waals surface area (Å²) < 4.78 is 2.58. The van der Waals surface area contributed by atoms with E-state index in [9.17, 15) is 0 Å². The van der Waals surface area contributed by atoms with Gasteiger partial charge in [0.05, 0.1) is 12.5 Å². The van der Waals surface area contributed by atoms with Gasteiger partial charge in [0.15, 0.2) is 0 Å². The normalized spacial score (nSPS) is 18.8. The lowest BCUT2D eigenvalue weighted by Gasteiger charge is -2.48. The number of H-pyrrole nitrogens is 1. The number of hydrogen-bond acceptors (Lipinski definition) is 3. The standard InChI is InChI=1S/C12H24B2N4/c1-5-6-10-18-13(2)16(4)11-17(14(18)3)12-8-7-9-15-12/h7-9,15H,5-6,10-11H2,1-4H3. The first-order valence-corrected chi connectivity index (χ1v) is 7.01. The molecule has 0 radical (unpaired) electrons. The van der Waals surface area contributed by atoms with Crippen LogP contribution in [0.2, 0.25) is 13.6 Å². The van der Waals surface area contributed by atoms with Crippen LogP contribution in [0.1, 0.15) is 19.8 Å². The van der Waals surface area contributed by atoms with Crippen molar-refractivity contribution in [1.29, 1.82) is 0 Å². The Hall–Kier alpha value is -0.870. The number of unbranched alkanes of at least 4 members (excludes halogenated alkanes) is 1. The van der Waals surface area contributed by atoms with Crippen LogP contribution in [0.5, 0.6) is 0 Å². The van der Waals surface area contributed by atoms with Crippen molar-refractivity contribution < 1.29 is 0 Å². The second-order valence-corrected chi connectivity index (χ2v) is 5.28. The van der Waals surface area contributed by atoms with Gasteiger partial charge in [-0.3, -0.25) is 0 Å². The Balaban J connectivity index is 2.13. The second kappa shape index (κ2) is 5.85. The minimum absolute atomic E-state index is 0.446. The SMILES string of the molecule is CCCCN1B(C)N(C)CN(c2ccc[nH]2)B1C. The third-order valence-electron chi connectivity index (χ3n) is 4.09. The first-order valence-electron chi connectivity index (χ1n) is 7.01. The summed E-state index contributed by atoms with van der Waals surface area (Å²) in [5, 5.41) is 0. The van der Waals surface area contributed by atoms with Gasteiger partial charge in [0.25, 0.3) is 6.98 Å². The number of rotatable bonds is 4. The van der Waals surface area contributed by atoms with Gasteiger partial charge in [0.2, 0.25) is 0 Å². The molecule has 1 aliphatic heterocycles. The molecule has 6 heteroatoms. The zero-order valence-corrected chi connectivity index (χ0v) is 12.1. The van der Waals surface area contributed by atoms with Crippen molar-refractivity contribution in [3.8, 4) is 0 Å². The fraction of sp³-hybridized carbons (Fsp3) is 0.667. The van der Waals surface area contributed by atoms with E-state index in [2.05, 4.69) is 59.1 Å². The molecule has 2 heterocycles. The third kappa shape index (κ3) is 2.59. The molecule has 1 aromatic heterocycles. The van der Waals surface area contributed by atoms with Crippen LogP contribution in [-0.2, 0) is 0 Å². The Morgan fingerprint density at radius 2 is 2.11 bits per heavy atom. The van der Waals surface area contributed by atoms with Crippen LogP contribution >= 0.6 is 0 Å². The molecule has 1 fully saturated rings. The molecule has 1 N–H and O–H groups in total. The van der Waals surface area contributed by atoms with E-state index in [1.807, 2.05) is 6.20 Å². The second-order valence-electron chi connectivity index (χ2n) is 5.28. The monoisotopic (exact) mass is 246 g/mol. The van der Waals surface area contributed by atoms with E-state index in [-0.39, 0.29) is 0 Å². The van der Waals surface area contributed by atoms with Gasteiger partial charge in [-0.25, -0.2) is 0 Å². The molecule has 1 aliphatic rings. The molecule has 2 rings (SSSR count). The highest BCUT2D eigenvalue weighted by Crippen LogP contribution is 2.21. The first-order chi connectivity index (χ1) is 8.65. The zero-order valence-electron chi connectivity index (χ0n) is 12.1. The van der Waals surface area contributed by atoms with Crippen molar-refractivity contribution in [2.75, 3.05) is 25.1 Å². The van der Waals surface area contributed by atoms with E-state index in [1.54, 1.807) is 0 Å². The van der Waals surface area contributed by atoms with Crippen molar-refractivity contribution in [1.82, 2.24) is 14.5 Å². The molecule has 4 nitrogen and oxygen atoms in total. The lowest BCUT2D eigenvalue weighted by molar-refractivity contribution is 0.435. The number of nitrogens with zero attached hydrogens (tertiary/aromatic N) is 3. The van der Waals surface area contributed by atoms with E-state index in [1.165, 1.54) is 25.2 Å². The highest BCUT2D eigenvalue weighted by molar-refractivity contribution is 6.73. The summed E-state index contributed by atoms with van der Waals surface area (Å²) in [6.07, 6.45) is 4.51. The molecule has 0 spiro atoms. The Labute approximate surface area is 112 Å². The Morgan fingerprint density at radius 3 is 2.72 bits per heavy atom. The molecular weight excluding hydrogens is 222 g/mol. The van der Waals surface area contributed by atoms with Crippen molar-refractivity contribution in [2.24, 2.45) is 0 Å². The maximum atomic E-state index is 3.32. The van der Waals surface area contributed by atoms with Gasteiger partial charge < -0.3 is 19.3 Å². The average Bonchev–Trinajstić information content (AvgIpc) is 2.87. The summed E-state index contributed by atoms with van der Waals surface area (Å²) in [7, 11) is 2.20. The number of anilines is 1. The van der Waals surface area contributed by atoms with Gasteiger partial charge in [0, 0.05) is 6.20 Å².